The number of carbonyl (C=O) groups excluding carboxylic acids is 2. The first kappa shape index (κ1) is 19.9. The molecule has 0 atom stereocenters. The number of nitrogens with zero attached hydrogens (tertiary/aromatic N) is 3. The van der Waals surface area contributed by atoms with Crippen molar-refractivity contribution < 1.29 is 9.59 Å². The topological polar surface area (TPSA) is 87.2 Å². The number of aryl methyl sites for hydroxylation is 1. The average molecular weight is 442 g/mol. The van der Waals surface area contributed by atoms with E-state index in [0.29, 0.717) is 23.5 Å². The van der Waals surface area contributed by atoms with Crippen molar-refractivity contribution in [3.8, 4) is 0 Å². The van der Waals surface area contributed by atoms with Crippen LogP contribution < -0.4 is 15.5 Å². The summed E-state index contributed by atoms with van der Waals surface area (Å²) in [7, 11) is 0. The molecule has 0 bridgehead atoms. The molecule has 4 heterocycles. The van der Waals surface area contributed by atoms with E-state index in [1.807, 2.05) is 48.7 Å². The minimum absolute atomic E-state index is 0.185. The number of rotatable bonds is 3. The summed E-state index contributed by atoms with van der Waals surface area (Å²) in [6.07, 6.45) is 3.21. The largest absolute Gasteiger partial charge is 0.338 e. The number of amides is 2. The first-order chi connectivity index (χ1) is 15.6. The third-order valence-electron chi connectivity index (χ3n) is 5.27. The molecule has 158 valence electrons. The minimum atomic E-state index is -0.216. The lowest BCUT2D eigenvalue weighted by Gasteiger charge is -2.22. The highest BCUT2D eigenvalue weighted by molar-refractivity contribution is 7.10. The second-order valence-corrected chi connectivity index (χ2v) is 8.44. The van der Waals surface area contributed by atoms with Gasteiger partial charge in [0.25, 0.3) is 11.8 Å². The summed E-state index contributed by atoms with van der Waals surface area (Å²) in [6.45, 7) is 2.28. The van der Waals surface area contributed by atoms with Crippen LogP contribution in [0.1, 0.15) is 31.2 Å². The van der Waals surface area contributed by atoms with E-state index in [2.05, 4.69) is 20.6 Å². The molecule has 1 aromatic carbocycles. The number of thiophene rings is 1. The molecule has 1 aliphatic heterocycles. The molecule has 0 radical (unpaired) electrons. The number of benzene rings is 1. The zero-order valence-corrected chi connectivity index (χ0v) is 18.0. The van der Waals surface area contributed by atoms with E-state index in [1.165, 1.54) is 17.5 Å². The number of hydrogen-bond acceptors (Lipinski definition) is 6. The third kappa shape index (κ3) is 3.72. The molecule has 4 aromatic rings. The average Bonchev–Trinajstić information content (AvgIpc) is 3.17. The second-order valence-electron chi connectivity index (χ2n) is 7.32. The van der Waals surface area contributed by atoms with Gasteiger partial charge in [-0.3, -0.25) is 9.59 Å². The molecule has 8 heteroatoms. The zero-order valence-electron chi connectivity index (χ0n) is 17.2. The third-order valence-corrected chi connectivity index (χ3v) is 6.11. The fourth-order valence-corrected chi connectivity index (χ4v) is 4.31. The number of fused-ring (bicyclic) bond motifs is 2. The normalized spacial score (nSPS) is 12.2. The van der Waals surface area contributed by atoms with Crippen molar-refractivity contribution in [1.29, 1.82) is 0 Å². The first-order valence-corrected chi connectivity index (χ1v) is 10.9. The number of pyridine rings is 2. The van der Waals surface area contributed by atoms with Crippen LogP contribution in [0.3, 0.4) is 0 Å². The van der Waals surface area contributed by atoms with Crippen molar-refractivity contribution in [3.05, 3.63) is 93.9 Å². The van der Waals surface area contributed by atoms with Crippen molar-refractivity contribution >= 4 is 46.2 Å². The number of hydrogen-bond donors (Lipinski definition) is 2. The van der Waals surface area contributed by atoms with Gasteiger partial charge in [-0.05, 0) is 48.7 Å². The molecule has 0 fully saturated rings. The van der Waals surface area contributed by atoms with Crippen molar-refractivity contribution in [2.75, 3.05) is 15.5 Å². The van der Waals surface area contributed by atoms with E-state index >= 15 is 0 Å². The summed E-state index contributed by atoms with van der Waals surface area (Å²) in [4.78, 5) is 37.2. The van der Waals surface area contributed by atoms with Crippen LogP contribution in [0.15, 0.2) is 72.4 Å². The standard InChI is InChI=1S/C24H19N5O2S/c1-15-18(10-12-32-15)23(30)28-21-9-8-16(13-26-21)24(31)29-14-17-5-4-11-25-22(17)27-19-6-2-3-7-20(19)29/h2-13H,14H2,1H3,(H,25,27)(H,26,28,30). The number of nitrogens with one attached hydrogen (secondary N) is 2. The van der Waals surface area contributed by atoms with Crippen molar-refractivity contribution in [3.63, 3.8) is 0 Å². The Bertz CT molecular complexity index is 1320. The lowest BCUT2D eigenvalue weighted by Crippen LogP contribution is -2.30. The highest BCUT2D eigenvalue weighted by Gasteiger charge is 2.25. The quantitative estimate of drug-likeness (QED) is 0.467. The van der Waals surface area contributed by atoms with E-state index in [1.54, 1.807) is 29.3 Å². The smallest absolute Gasteiger partial charge is 0.260 e. The van der Waals surface area contributed by atoms with Gasteiger partial charge in [0, 0.05) is 22.8 Å². The Hall–Kier alpha value is -4.04. The summed E-state index contributed by atoms with van der Waals surface area (Å²) in [5.74, 6) is 0.724. The molecule has 0 saturated carbocycles. The van der Waals surface area contributed by atoms with Crippen LogP contribution >= 0.6 is 11.3 Å². The monoisotopic (exact) mass is 441 g/mol. The van der Waals surface area contributed by atoms with Crippen LogP contribution in [0.4, 0.5) is 23.0 Å². The number of carbonyl (C=O) groups is 2. The highest BCUT2D eigenvalue weighted by atomic mass is 32.1. The lowest BCUT2D eigenvalue weighted by molar-refractivity contribution is 0.0984. The Kier molecular flexibility index (Phi) is 5.12. The molecule has 5 rings (SSSR count). The molecule has 3 aromatic heterocycles. The molecule has 0 aliphatic carbocycles. The van der Waals surface area contributed by atoms with Crippen molar-refractivity contribution in [1.82, 2.24) is 9.97 Å². The SMILES string of the molecule is Cc1sccc1C(=O)Nc1ccc(C(=O)N2Cc3cccnc3Nc3ccccc32)cn1. The Morgan fingerprint density at radius 3 is 2.72 bits per heavy atom. The first-order valence-electron chi connectivity index (χ1n) is 10.0. The second kappa shape index (κ2) is 8.24. The molecule has 0 spiro atoms. The fraction of sp³-hybridized carbons (Fsp3) is 0.0833. The minimum Gasteiger partial charge on any atom is -0.338 e. The van der Waals surface area contributed by atoms with Gasteiger partial charge >= 0.3 is 0 Å². The molecule has 2 N–H and O–H groups in total. The van der Waals surface area contributed by atoms with Gasteiger partial charge in [0.05, 0.1) is 29.0 Å². The fourth-order valence-electron chi connectivity index (χ4n) is 3.61. The summed E-state index contributed by atoms with van der Waals surface area (Å²) < 4.78 is 0. The zero-order chi connectivity index (χ0) is 22.1. The van der Waals surface area contributed by atoms with Gasteiger partial charge in [0.15, 0.2) is 0 Å². The summed E-state index contributed by atoms with van der Waals surface area (Å²) in [5.41, 5.74) is 3.54. The molecule has 7 nitrogen and oxygen atoms in total. The van der Waals surface area contributed by atoms with Gasteiger partial charge in [-0.25, -0.2) is 9.97 Å². The molecular formula is C24H19N5O2S. The van der Waals surface area contributed by atoms with Crippen LogP contribution in [0, 0.1) is 6.92 Å². The van der Waals surface area contributed by atoms with E-state index in [9.17, 15) is 9.59 Å². The predicted molar refractivity (Wildman–Crippen MR) is 126 cm³/mol. The summed E-state index contributed by atoms with van der Waals surface area (Å²) in [6, 6.07) is 16.5. The van der Waals surface area contributed by atoms with E-state index in [-0.39, 0.29) is 11.8 Å². The van der Waals surface area contributed by atoms with Crippen LogP contribution in [0.25, 0.3) is 0 Å². The maximum atomic E-state index is 13.4. The summed E-state index contributed by atoms with van der Waals surface area (Å²) in [5, 5.41) is 7.98. The maximum Gasteiger partial charge on any atom is 0.260 e. The van der Waals surface area contributed by atoms with Gasteiger partial charge in [0.1, 0.15) is 11.6 Å². The Labute approximate surface area is 188 Å². The van der Waals surface area contributed by atoms with E-state index < -0.39 is 0 Å². The van der Waals surface area contributed by atoms with Crippen LogP contribution in [0.2, 0.25) is 0 Å². The van der Waals surface area contributed by atoms with E-state index in [0.717, 1.165) is 27.6 Å². The van der Waals surface area contributed by atoms with Crippen LogP contribution in [0.5, 0.6) is 0 Å². The molecular weight excluding hydrogens is 422 g/mol. The predicted octanol–water partition coefficient (Wildman–Crippen LogP) is 5.00. The number of anilines is 4. The van der Waals surface area contributed by atoms with Gasteiger partial charge in [-0.1, -0.05) is 18.2 Å². The highest BCUT2D eigenvalue weighted by Crippen LogP contribution is 2.35. The Morgan fingerprint density at radius 1 is 1.06 bits per heavy atom. The van der Waals surface area contributed by atoms with Crippen molar-refractivity contribution in [2.45, 2.75) is 13.5 Å². The van der Waals surface area contributed by atoms with Gasteiger partial charge in [0.2, 0.25) is 0 Å². The Morgan fingerprint density at radius 2 is 1.94 bits per heavy atom. The van der Waals surface area contributed by atoms with Gasteiger partial charge in [-0.2, -0.15) is 0 Å². The molecule has 0 saturated heterocycles. The van der Waals surface area contributed by atoms with Gasteiger partial charge < -0.3 is 15.5 Å². The van der Waals surface area contributed by atoms with Crippen molar-refractivity contribution in [2.24, 2.45) is 0 Å². The van der Waals surface area contributed by atoms with E-state index in [4.69, 9.17) is 0 Å². The molecule has 32 heavy (non-hydrogen) atoms. The molecule has 1 aliphatic rings. The summed E-state index contributed by atoms with van der Waals surface area (Å²) >= 11 is 1.52. The van der Waals surface area contributed by atoms with Crippen LogP contribution in [-0.2, 0) is 6.54 Å². The number of aromatic nitrogens is 2. The lowest BCUT2D eigenvalue weighted by atomic mass is 10.1. The maximum absolute atomic E-state index is 13.4. The van der Waals surface area contributed by atoms with Gasteiger partial charge in [-0.15, -0.1) is 11.3 Å². The molecule has 2 amide bonds. The molecule has 0 unspecified atom stereocenters. The van der Waals surface area contributed by atoms with Crippen LogP contribution in [-0.4, -0.2) is 21.8 Å². The number of para-hydroxylation sites is 2. The Balaban J connectivity index is 1.41.